The Morgan fingerprint density at radius 3 is 1.48 bits per heavy atom. The van der Waals surface area contributed by atoms with Gasteiger partial charge in [-0.05, 0) is 59.4 Å². The van der Waals surface area contributed by atoms with E-state index in [0.717, 1.165) is 22.8 Å². The Balaban J connectivity index is 2.11. The molecule has 0 amide bonds. The highest BCUT2D eigenvalue weighted by molar-refractivity contribution is 5.80. The van der Waals surface area contributed by atoms with Gasteiger partial charge in [0.1, 0.15) is 5.75 Å². The van der Waals surface area contributed by atoms with Crippen molar-refractivity contribution >= 4 is 17.1 Å². The van der Waals surface area contributed by atoms with Crippen LogP contribution >= 0.6 is 0 Å². The van der Waals surface area contributed by atoms with Crippen LogP contribution in [0.1, 0.15) is 50.7 Å². The third kappa shape index (κ3) is 4.16. The summed E-state index contributed by atoms with van der Waals surface area (Å²) in [6, 6.07) is 25.8. The SMILES string of the molecule is COc1ccccc1N(c1ccc(C(C)C)cc1)c1ccc(C(C)C)cc1. The Hall–Kier alpha value is -2.74. The summed E-state index contributed by atoms with van der Waals surface area (Å²) in [7, 11) is 1.72. The van der Waals surface area contributed by atoms with Gasteiger partial charge in [-0.1, -0.05) is 64.1 Å². The summed E-state index contributed by atoms with van der Waals surface area (Å²) in [5, 5.41) is 0. The molecule has 0 aromatic heterocycles. The second-order valence-electron chi connectivity index (χ2n) is 7.50. The summed E-state index contributed by atoms with van der Waals surface area (Å²) in [5.74, 6) is 1.89. The van der Waals surface area contributed by atoms with Gasteiger partial charge in [0.2, 0.25) is 0 Å². The van der Waals surface area contributed by atoms with Gasteiger partial charge in [-0.25, -0.2) is 0 Å². The minimum atomic E-state index is 0.518. The molecule has 3 rings (SSSR count). The molecule has 3 aromatic rings. The van der Waals surface area contributed by atoms with Crippen molar-refractivity contribution in [2.45, 2.75) is 39.5 Å². The van der Waals surface area contributed by atoms with Crippen LogP contribution in [0.15, 0.2) is 72.8 Å². The highest BCUT2D eigenvalue weighted by atomic mass is 16.5. The first-order valence-corrected chi connectivity index (χ1v) is 9.64. The van der Waals surface area contributed by atoms with Crippen molar-refractivity contribution in [2.75, 3.05) is 12.0 Å². The molecule has 0 spiro atoms. The molecule has 140 valence electrons. The third-order valence-corrected chi connectivity index (χ3v) is 4.96. The van der Waals surface area contributed by atoms with E-state index in [9.17, 15) is 0 Å². The maximum Gasteiger partial charge on any atom is 0.142 e. The maximum absolute atomic E-state index is 5.65. The average molecular weight is 360 g/mol. The first-order chi connectivity index (χ1) is 13.0. The van der Waals surface area contributed by atoms with E-state index in [1.807, 2.05) is 12.1 Å². The van der Waals surface area contributed by atoms with E-state index in [1.165, 1.54) is 11.1 Å². The van der Waals surface area contributed by atoms with Crippen LogP contribution in [0.5, 0.6) is 5.75 Å². The predicted octanol–water partition coefficient (Wildman–Crippen LogP) is 7.41. The van der Waals surface area contributed by atoms with Crippen molar-refractivity contribution < 1.29 is 4.74 Å². The molecule has 0 aliphatic heterocycles. The lowest BCUT2D eigenvalue weighted by atomic mass is 10.0. The number of para-hydroxylation sites is 2. The summed E-state index contributed by atoms with van der Waals surface area (Å²) in [4.78, 5) is 2.26. The van der Waals surface area contributed by atoms with Crippen molar-refractivity contribution in [3.8, 4) is 5.75 Å². The first-order valence-electron chi connectivity index (χ1n) is 9.64. The van der Waals surface area contributed by atoms with Crippen LogP contribution in [0.4, 0.5) is 17.1 Å². The zero-order valence-electron chi connectivity index (χ0n) is 16.9. The lowest BCUT2D eigenvalue weighted by Gasteiger charge is -2.27. The highest BCUT2D eigenvalue weighted by Crippen LogP contribution is 2.40. The van der Waals surface area contributed by atoms with Crippen LogP contribution in [-0.4, -0.2) is 7.11 Å². The monoisotopic (exact) mass is 359 g/mol. The highest BCUT2D eigenvalue weighted by Gasteiger charge is 2.16. The Labute approximate surface area is 163 Å². The van der Waals surface area contributed by atoms with E-state index in [0.29, 0.717) is 11.8 Å². The number of benzene rings is 3. The molecule has 2 nitrogen and oxygen atoms in total. The number of ether oxygens (including phenoxy) is 1. The molecule has 0 fully saturated rings. The van der Waals surface area contributed by atoms with Crippen molar-refractivity contribution in [1.29, 1.82) is 0 Å². The number of hydrogen-bond acceptors (Lipinski definition) is 2. The van der Waals surface area contributed by atoms with E-state index in [2.05, 4.69) is 93.3 Å². The minimum Gasteiger partial charge on any atom is -0.495 e. The fourth-order valence-electron chi connectivity index (χ4n) is 3.26. The van der Waals surface area contributed by atoms with Crippen LogP contribution in [0.3, 0.4) is 0 Å². The Bertz CT molecular complexity index is 812. The summed E-state index contributed by atoms with van der Waals surface area (Å²) >= 11 is 0. The number of nitrogens with zero attached hydrogens (tertiary/aromatic N) is 1. The standard InChI is InChI=1S/C25H29NO/c1-18(2)20-10-14-22(15-11-20)26(24-8-6-7-9-25(24)27-5)23-16-12-21(13-17-23)19(3)4/h6-19H,1-5H3. The molecule has 0 unspecified atom stereocenters. The lowest BCUT2D eigenvalue weighted by molar-refractivity contribution is 0.416. The van der Waals surface area contributed by atoms with Crippen molar-refractivity contribution in [2.24, 2.45) is 0 Å². The molecule has 0 aliphatic carbocycles. The molecule has 0 atom stereocenters. The second kappa shape index (κ2) is 8.30. The van der Waals surface area contributed by atoms with Gasteiger partial charge in [-0.3, -0.25) is 0 Å². The molecule has 27 heavy (non-hydrogen) atoms. The van der Waals surface area contributed by atoms with Gasteiger partial charge in [-0.15, -0.1) is 0 Å². The molecular formula is C25H29NO. The van der Waals surface area contributed by atoms with E-state index in [-0.39, 0.29) is 0 Å². The summed E-state index contributed by atoms with van der Waals surface area (Å²) in [5.41, 5.74) is 5.97. The van der Waals surface area contributed by atoms with Gasteiger partial charge in [0.15, 0.2) is 0 Å². The predicted molar refractivity (Wildman–Crippen MR) is 116 cm³/mol. The van der Waals surface area contributed by atoms with Gasteiger partial charge >= 0.3 is 0 Å². The molecule has 0 saturated heterocycles. The quantitative estimate of drug-likeness (QED) is 0.454. The van der Waals surface area contributed by atoms with Crippen molar-refractivity contribution in [1.82, 2.24) is 0 Å². The van der Waals surface area contributed by atoms with Gasteiger partial charge in [0.25, 0.3) is 0 Å². The average Bonchev–Trinajstić information content (AvgIpc) is 2.69. The Morgan fingerprint density at radius 2 is 1.07 bits per heavy atom. The zero-order valence-corrected chi connectivity index (χ0v) is 16.9. The van der Waals surface area contributed by atoms with E-state index < -0.39 is 0 Å². The van der Waals surface area contributed by atoms with E-state index in [4.69, 9.17) is 4.74 Å². The van der Waals surface area contributed by atoms with Gasteiger partial charge < -0.3 is 9.64 Å². The van der Waals surface area contributed by atoms with Crippen LogP contribution in [0, 0.1) is 0 Å². The normalized spacial score (nSPS) is 11.1. The number of hydrogen-bond donors (Lipinski definition) is 0. The number of rotatable bonds is 6. The van der Waals surface area contributed by atoms with Gasteiger partial charge in [-0.2, -0.15) is 0 Å². The molecule has 0 radical (unpaired) electrons. The molecule has 0 aliphatic rings. The number of methoxy groups -OCH3 is 1. The van der Waals surface area contributed by atoms with Crippen molar-refractivity contribution in [3.63, 3.8) is 0 Å². The van der Waals surface area contributed by atoms with Gasteiger partial charge in [0.05, 0.1) is 12.8 Å². The molecule has 0 bridgehead atoms. The maximum atomic E-state index is 5.65. The van der Waals surface area contributed by atoms with Gasteiger partial charge in [0, 0.05) is 11.4 Å². The molecule has 0 heterocycles. The van der Waals surface area contributed by atoms with Crippen LogP contribution in [-0.2, 0) is 0 Å². The largest absolute Gasteiger partial charge is 0.495 e. The fourth-order valence-corrected chi connectivity index (χ4v) is 3.26. The van der Waals surface area contributed by atoms with Crippen LogP contribution < -0.4 is 9.64 Å². The van der Waals surface area contributed by atoms with E-state index >= 15 is 0 Å². The molecule has 0 N–H and O–H groups in total. The Morgan fingerprint density at radius 1 is 0.630 bits per heavy atom. The van der Waals surface area contributed by atoms with Crippen molar-refractivity contribution in [3.05, 3.63) is 83.9 Å². The fraction of sp³-hybridized carbons (Fsp3) is 0.280. The van der Waals surface area contributed by atoms with Crippen LogP contribution in [0.2, 0.25) is 0 Å². The number of anilines is 3. The second-order valence-corrected chi connectivity index (χ2v) is 7.50. The summed E-state index contributed by atoms with van der Waals surface area (Å²) in [6.45, 7) is 8.88. The molecular weight excluding hydrogens is 330 g/mol. The smallest absolute Gasteiger partial charge is 0.142 e. The minimum absolute atomic E-state index is 0.518. The topological polar surface area (TPSA) is 12.5 Å². The summed E-state index contributed by atoms with van der Waals surface area (Å²) < 4.78 is 5.65. The zero-order chi connectivity index (χ0) is 19.4. The molecule has 2 heteroatoms. The lowest BCUT2D eigenvalue weighted by Crippen LogP contribution is -2.11. The first kappa shape index (κ1) is 19.0. The van der Waals surface area contributed by atoms with Crippen LogP contribution in [0.25, 0.3) is 0 Å². The van der Waals surface area contributed by atoms with E-state index in [1.54, 1.807) is 7.11 Å². The third-order valence-electron chi connectivity index (χ3n) is 4.96. The molecule has 3 aromatic carbocycles. The summed E-state index contributed by atoms with van der Waals surface area (Å²) in [6.07, 6.45) is 0. The Kier molecular flexibility index (Phi) is 5.85. The molecule has 0 saturated carbocycles.